The zero-order chi connectivity index (χ0) is 19.7. The summed E-state index contributed by atoms with van der Waals surface area (Å²) in [5, 5.41) is 3.41. The molecule has 2 heterocycles. The van der Waals surface area contributed by atoms with Crippen molar-refractivity contribution in [2.75, 3.05) is 0 Å². The first-order valence-corrected chi connectivity index (χ1v) is 9.78. The van der Waals surface area contributed by atoms with Gasteiger partial charge in [-0.25, -0.2) is 4.39 Å². The van der Waals surface area contributed by atoms with E-state index in [1.807, 2.05) is 33.8 Å². The molecule has 6 heteroatoms. The van der Waals surface area contributed by atoms with Gasteiger partial charge in [-0.1, -0.05) is 26.0 Å². The molecule has 0 aliphatic heterocycles. The van der Waals surface area contributed by atoms with Crippen molar-refractivity contribution >= 4 is 27.3 Å². The van der Waals surface area contributed by atoms with Gasteiger partial charge in [0.05, 0.1) is 17.0 Å². The van der Waals surface area contributed by atoms with Crippen molar-refractivity contribution in [3.63, 3.8) is 0 Å². The van der Waals surface area contributed by atoms with Crippen LogP contribution in [0.15, 0.2) is 41.3 Å². The molecule has 0 aliphatic rings. The van der Waals surface area contributed by atoms with Crippen LogP contribution >= 0.6 is 11.3 Å². The number of pyridine rings is 1. The first kappa shape index (κ1) is 19.3. The van der Waals surface area contributed by atoms with Gasteiger partial charge in [0.2, 0.25) is 0 Å². The van der Waals surface area contributed by atoms with Crippen molar-refractivity contribution in [3.05, 3.63) is 68.7 Å². The molecule has 0 spiro atoms. The maximum atomic E-state index is 13.1. The Morgan fingerprint density at radius 2 is 1.85 bits per heavy atom. The fourth-order valence-electron chi connectivity index (χ4n) is 3.18. The Morgan fingerprint density at radius 1 is 1.19 bits per heavy atom. The van der Waals surface area contributed by atoms with Gasteiger partial charge in [0.15, 0.2) is 0 Å². The number of nitrogens with one attached hydrogen (secondary N) is 1. The molecule has 0 unspecified atom stereocenters. The van der Waals surface area contributed by atoms with Gasteiger partial charge in [0.25, 0.3) is 11.5 Å². The van der Waals surface area contributed by atoms with Crippen molar-refractivity contribution < 1.29 is 9.18 Å². The molecule has 0 saturated heterocycles. The third-order valence-electron chi connectivity index (χ3n) is 4.50. The summed E-state index contributed by atoms with van der Waals surface area (Å²) in [6, 6.07) is 7.63. The van der Waals surface area contributed by atoms with Gasteiger partial charge >= 0.3 is 0 Å². The lowest BCUT2D eigenvalue weighted by atomic mass is 10.1. The molecule has 0 fully saturated rings. The fourth-order valence-corrected chi connectivity index (χ4v) is 4.23. The van der Waals surface area contributed by atoms with E-state index in [0.717, 1.165) is 15.1 Å². The summed E-state index contributed by atoms with van der Waals surface area (Å²) in [6.45, 7) is 8.40. The number of amides is 1. The van der Waals surface area contributed by atoms with E-state index in [1.165, 1.54) is 23.5 Å². The summed E-state index contributed by atoms with van der Waals surface area (Å²) < 4.78 is 15.6. The van der Waals surface area contributed by atoms with Gasteiger partial charge in [0, 0.05) is 22.3 Å². The van der Waals surface area contributed by atoms with Crippen LogP contribution in [0.4, 0.5) is 4.39 Å². The number of thiophene rings is 1. The second-order valence-electron chi connectivity index (χ2n) is 7.19. The Bertz CT molecular complexity index is 1030. The Kier molecular flexibility index (Phi) is 5.46. The predicted molar refractivity (Wildman–Crippen MR) is 108 cm³/mol. The number of aromatic nitrogens is 1. The average molecular weight is 386 g/mol. The summed E-state index contributed by atoms with van der Waals surface area (Å²) in [5.74, 6) is -0.270. The van der Waals surface area contributed by atoms with Gasteiger partial charge in [-0.3, -0.25) is 9.59 Å². The van der Waals surface area contributed by atoms with Gasteiger partial charge in [-0.05, 0) is 43.5 Å². The van der Waals surface area contributed by atoms with Gasteiger partial charge in [-0.2, -0.15) is 0 Å². The number of carbonyl (C=O) groups is 1. The van der Waals surface area contributed by atoms with Gasteiger partial charge < -0.3 is 9.88 Å². The van der Waals surface area contributed by atoms with Crippen LogP contribution < -0.4 is 10.9 Å². The summed E-state index contributed by atoms with van der Waals surface area (Å²) >= 11 is 1.45. The van der Waals surface area contributed by atoms with E-state index in [0.29, 0.717) is 23.4 Å². The van der Waals surface area contributed by atoms with Crippen LogP contribution in [0.3, 0.4) is 0 Å². The number of benzene rings is 1. The van der Waals surface area contributed by atoms with Crippen molar-refractivity contribution in [2.45, 2.75) is 40.3 Å². The van der Waals surface area contributed by atoms with Crippen LogP contribution in [0.5, 0.6) is 0 Å². The molecule has 142 valence electrons. The van der Waals surface area contributed by atoms with Crippen LogP contribution in [-0.4, -0.2) is 10.5 Å². The van der Waals surface area contributed by atoms with E-state index in [9.17, 15) is 14.0 Å². The van der Waals surface area contributed by atoms with E-state index in [2.05, 4.69) is 5.32 Å². The first-order chi connectivity index (χ1) is 12.8. The van der Waals surface area contributed by atoms with E-state index in [-0.39, 0.29) is 23.3 Å². The van der Waals surface area contributed by atoms with Gasteiger partial charge in [0.1, 0.15) is 5.82 Å². The lowest BCUT2D eigenvalue weighted by molar-refractivity contribution is 0.0941. The Hall–Kier alpha value is -2.47. The molecule has 1 amide bonds. The molecule has 3 rings (SSSR count). The molecule has 2 aromatic heterocycles. The van der Waals surface area contributed by atoms with E-state index < -0.39 is 0 Å². The fraction of sp³-hybridized carbons (Fsp3) is 0.333. The number of carbonyl (C=O) groups excluding carboxylic acids is 1. The molecule has 0 aliphatic carbocycles. The highest BCUT2D eigenvalue weighted by Crippen LogP contribution is 2.29. The third-order valence-corrected chi connectivity index (χ3v) is 5.57. The third kappa shape index (κ3) is 3.95. The van der Waals surface area contributed by atoms with Crippen molar-refractivity contribution in [1.82, 2.24) is 9.88 Å². The van der Waals surface area contributed by atoms with Crippen molar-refractivity contribution in [3.8, 4) is 0 Å². The predicted octanol–water partition coefficient (Wildman–Crippen LogP) is 4.66. The minimum Gasteiger partial charge on any atom is -0.345 e. The molecule has 27 heavy (non-hydrogen) atoms. The van der Waals surface area contributed by atoms with Crippen LogP contribution in [0.1, 0.15) is 47.6 Å². The van der Waals surface area contributed by atoms with E-state index >= 15 is 0 Å². The Balaban J connectivity index is 1.97. The number of hydrogen-bond acceptors (Lipinski definition) is 3. The smallest absolute Gasteiger partial charge is 0.260 e. The van der Waals surface area contributed by atoms with Crippen LogP contribution in [0.2, 0.25) is 0 Å². The zero-order valence-electron chi connectivity index (χ0n) is 15.9. The molecule has 3 aromatic rings. The van der Waals surface area contributed by atoms with Crippen LogP contribution in [-0.2, 0) is 6.54 Å². The monoisotopic (exact) mass is 386 g/mol. The van der Waals surface area contributed by atoms with E-state index in [1.54, 1.807) is 22.9 Å². The molecule has 0 saturated carbocycles. The molecule has 0 radical (unpaired) electrons. The summed E-state index contributed by atoms with van der Waals surface area (Å²) in [4.78, 5) is 26.7. The average Bonchev–Trinajstić information content (AvgIpc) is 2.94. The van der Waals surface area contributed by atoms with Crippen molar-refractivity contribution in [1.29, 1.82) is 0 Å². The molecule has 4 nitrogen and oxygen atoms in total. The minimum atomic E-state index is -0.317. The largest absolute Gasteiger partial charge is 0.345 e. The number of halogens is 1. The quantitative estimate of drug-likeness (QED) is 0.693. The summed E-state index contributed by atoms with van der Waals surface area (Å²) in [7, 11) is 0. The normalized spacial score (nSPS) is 12.5. The van der Waals surface area contributed by atoms with Crippen molar-refractivity contribution in [2.24, 2.45) is 5.92 Å². The lowest BCUT2D eigenvalue weighted by Gasteiger charge is -2.15. The second-order valence-corrected chi connectivity index (χ2v) is 8.44. The molecular formula is C21H23FN2O2S. The highest BCUT2D eigenvalue weighted by Gasteiger charge is 2.22. The van der Waals surface area contributed by atoms with Crippen LogP contribution in [0.25, 0.3) is 10.1 Å². The second kappa shape index (κ2) is 7.64. The van der Waals surface area contributed by atoms with Crippen LogP contribution in [0, 0.1) is 18.7 Å². The topological polar surface area (TPSA) is 51.1 Å². The summed E-state index contributed by atoms with van der Waals surface area (Å²) in [6.07, 6.45) is 1.80. The number of rotatable bonds is 5. The highest BCUT2D eigenvalue weighted by atomic mass is 32.1. The first-order valence-electron chi connectivity index (χ1n) is 8.96. The molecule has 1 N–H and O–H groups in total. The Labute approximate surface area is 161 Å². The molecule has 1 atom stereocenters. The highest BCUT2D eigenvalue weighted by molar-refractivity contribution is 7.19. The number of nitrogens with zero attached hydrogens (tertiary/aromatic N) is 1. The Morgan fingerprint density at radius 3 is 2.48 bits per heavy atom. The maximum Gasteiger partial charge on any atom is 0.260 e. The number of aryl methyl sites for hydroxylation is 1. The zero-order valence-corrected chi connectivity index (χ0v) is 16.7. The summed E-state index contributed by atoms with van der Waals surface area (Å²) in [5.41, 5.74) is 1.11. The minimum absolute atomic E-state index is 0.134. The molecule has 1 aromatic carbocycles. The standard InChI is InChI=1S/C21H23FN2O2S/c1-12(2)11-24-10-9-17-19(21(24)26)18(14(4)27-17)20(25)23-13(3)15-5-7-16(22)8-6-15/h5-10,12-13H,11H2,1-4H3,(H,23,25)/t13-/m1/s1. The lowest BCUT2D eigenvalue weighted by Crippen LogP contribution is -2.29. The SMILES string of the molecule is Cc1sc2ccn(CC(C)C)c(=O)c2c1C(=O)N[C@H](C)c1ccc(F)cc1. The number of fused-ring (bicyclic) bond motifs is 1. The maximum absolute atomic E-state index is 13.1. The molecule has 0 bridgehead atoms. The number of hydrogen-bond donors (Lipinski definition) is 1. The van der Waals surface area contributed by atoms with E-state index in [4.69, 9.17) is 0 Å². The molecular weight excluding hydrogens is 363 g/mol. The van der Waals surface area contributed by atoms with Gasteiger partial charge in [-0.15, -0.1) is 11.3 Å².